The van der Waals surface area contributed by atoms with Gasteiger partial charge < -0.3 is 5.32 Å². The third kappa shape index (κ3) is 3.97. The quantitative estimate of drug-likeness (QED) is 0.639. The molecule has 0 amide bonds. The minimum absolute atomic E-state index is 0.0199. The molecular formula is C19H24N4O2S2. The predicted molar refractivity (Wildman–Crippen MR) is 111 cm³/mol. The van der Waals surface area contributed by atoms with Gasteiger partial charge in [0.2, 0.25) is 10.0 Å². The van der Waals surface area contributed by atoms with E-state index in [0.29, 0.717) is 18.0 Å². The Balaban J connectivity index is 1.82. The van der Waals surface area contributed by atoms with Gasteiger partial charge in [-0.3, -0.25) is 0 Å². The Morgan fingerprint density at radius 1 is 1.15 bits per heavy atom. The Morgan fingerprint density at radius 2 is 1.81 bits per heavy atom. The average Bonchev–Trinajstić information content (AvgIpc) is 3.04. The van der Waals surface area contributed by atoms with Gasteiger partial charge in [0.15, 0.2) is 0 Å². The summed E-state index contributed by atoms with van der Waals surface area (Å²) >= 11 is 1.64. The number of nitrogens with one attached hydrogen (secondary N) is 1. The number of sulfonamides is 1. The molecule has 3 rings (SSSR count). The third-order valence-corrected chi connectivity index (χ3v) is 7.55. The monoisotopic (exact) mass is 404 g/mol. The van der Waals surface area contributed by atoms with Crippen LogP contribution in [0.25, 0.3) is 10.2 Å². The van der Waals surface area contributed by atoms with Crippen LogP contribution < -0.4 is 5.32 Å². The number of hydrogen-bond acceptors (Lipinski definition) is 6. The Kier molecular flexibility index (Phi) is 5.78. The molecule has 0 spiro atoms. The minimum atomic E-state index is -3.43. The van der Waals surface area contributed by atoms with E-state index in [0.717, 1.165) is 21.6 Å². The molecule has 27 heavy (non-hydrogen) atoms. The largest absolute Gasteiger partial charge is 0.363 e. The maximum atomic E-state index is 12.6. The summed E-state index contributed by atoms with van der Waals surface area (Å²) in [4.78, 5) is 11.1. The fourth-order valence-corrected chi connectivity index (χ4v) is 5.33. The number of nitrogens with zero attached hydrogens (tertiary/aromatic N) is 3. The van der Waals surface area contributed by atoms with E-state index >= 15 is 0 Å². The van der Waals surface area contributed by atoms with Gasteiger partial charge in [0.25, 0.3) is 0 Å². The SMILES string of the molecule is CCN(CC)S(=O)(=O)c1ccc(C(C)Nc2ncnc3sc(C)cc23)cc1. The standard InChI is InChI=1S/C19H24N4O2S2/c1-5-23(6-2)27(24,25)16-9-7-15(8-10-16)14(4)22-18-17-11-13(3)26-19(17)21-12-20-18/h7-12,14H,5-6H2,1-4H3,(H,20,21,22). The summed E-state index contributed by atoms with van der Waals surface area (Å²) in [6, 6.07) is 9.11. The molecule has 3 aromatic rings. The molecule has 0 aliphatic rings. The lowest BCUT2D eigenvalue weighted by Crippen LogP contribution is -2.30. The van der Waals surface area contributed by atoms with Gasteiger partial charge in [-0.2, -0.15) is 4.31 Å². The molecule has 1 atom stereocenters. The highest BCUT2D eigenvalue weighted by atomic mass is 32.2. The molecule has 0 fully saturated rings. The molecule has 1 N–H and O–H groups in total. The van der Waals surface area contributed by atoms with Gasteiger partial charge in [0.1, 0.15) is 17.0 Å². The maximum Gasteiger partial charge on any atom is 0.243 e. The minimum Gasteiger partial charge on any atom is -0.363 e. The second-order valence-electron chi connectivity index (χ2n) is 6.32. The Labute approximate surface area is 164 Å². The van der Waals surface area contributed by atoms with Crippen molar-refractivity contribution < 1.29 is 8.42 Å². The van der Waals surface area contributed by atoms with Gasteiger partial charge in [0, 0.05) is 24.0 Å². The molecule has 0 bridgehead atoms. The van der Waals surface area contributed by atoms with E-state index in [-0.39, 0.29) is 6.04 Å². The molecule has 144 valence electrons. The van der Waals surface area contributed by atoms with Crippen molar-refractivity contribution in [3.63, 3.8) is 0 Å². The molecule has 1 unspecified atom stereocenters. The molecule has 0 aliphatic carbocycles. The summed E-state index contributed by atoms with van der Waals surface area (Å²) in [6.45, 7) is 8.69. The Hall–Kier alpha value is -2.03. The summed E-state index contributed by atoms with van der Waals surface area (Å²) < 4.78 is 26.7. The highest BCUT2D eigenvalue weighted by Gasteiger charge is 2.21. The molecule has 2 heterocycles. The van der Waals surface area contributed by atoms with Gasteiger partial charge >= 0.3 is 0 Å². The fourth-order valence-electron chi connectivity index (χ4n) is 3.02. The van der Waals surface area contributed by atoms with Gasteiger partial charge in [-0.25, -0.2) is 18.4 Å². The average molecular weight is 405 g/mol. The Morgan fingerprint density at radius 3 is 2.44 bits per heavy atom. The van der Waals surface area contributed by atoms with Crippen LogP contribution in [0.2, 0.25) is 0 Å². The van der Waals surface area contributed by atoms with Gasteiger partial charge in [-0.15, -0.1) is 11.3 Å². The van der Waals surface area contributed by atoms with Crippen LogP contribution in [-0.2, 0) is 10.0 Å². The van der Waals surface area contributed by atoms with Gasteiger partial charge in [-0.05, 0) is 37.6 Å². The predicted octanol–water partition coefficient (Wildman–Crippen LogP) is 4.20. The normalized spacial score (nSPS) is 13.2. The number of thiophene rings is 1. The summed E-state index contributed by atoms with van der Waals surface area (Å²) in [5.74, 6) is 0.789. The van der Waals surface area contributed by atoms with Crippen molar-refractivity contribution in [3.8, 4) is 0 Å². The third-order valence-electron chi connectivity index (χ3n) is 4.53. The van der Waals surface area contributed by atoms with E-state index in [2.05, 4.69) is 28.3 Å². The first kappa shape index (κ1) is 19.7. The van der Waals surface area contributed by atoms with Gasteiger partial charge in [-0.1, -0.05) is 26.0 Å². The number of hydrogen-bond donors (Lipinski definition) is 1. The molecule has 0 saturated carbocycles. The summed E-state index contributed by atoms with van der Waals surface area (Å²) in [5, 5.41) is 4.42. The van der Waals surface area contributed by atoms with E-state index in [4.69, 9.17) is 0 Å². The lowest BCUT2D eigenvalue weighted by atomic mass is 10.1. The molecular weight excluding hydrogens is 380 g/mol. The van der Waals surface area contributed by atoms with Crippen molar-refractivity contribution in [1.29, 1.82) is 0 Å². The lowest BCUT2D eigenvalue weighted by molar-refractivity contribution is 0.445. The second-order valence-corrected chi connectivity index (χ2v) is 9.50. The number of rotatable bonds is 7. The number of aromatic nitrogens is 2. The van der Waals surface area contributed by atoms with Crippen molar-refractivity contribution >= 4 is 37.4 Å². The van der Waals surface area contributed by atoms with E-state index in [9.17, 15) is 8.42 Å². The molecule has 1 aromatic carbocycles. The smallest absolute Gasteiger partial charge is 0.243 e. The van der Waals surface area contributed by atoms with E-state index in [1.165, 1.54) is 9.18 Å². The van der Waals surface area contributed by atoms with Crippen molar-refractivity contribution in [2.24, 2.45) is 0 Å². The lowest BCUT2D eigenvalue weighted by Gasteiger charge is -2.19. The van der Waals surface area contributed by atoms with Crippen LogP contribution in [0.4, 0.5) is 5.82 Å². The van der Waals surface area contributed by atoms with Crippen LogP contribution >= 0.6 is 11.3 Å². The number of fused-ring (bicyclic) bond motifs is 1. The first-order valence-electron chi connectivity index (χ1n) is 8.94. The molecule has 8 heteroatoms. The highest BCUT2D eigenvalue weighted by Crippen LogP contribution is 2.30. The van der Waals surface area contributed by atoms with E-state index in [1.807, 2.05) is 32.9 Å². The number of benzene rings is 1. The number of anilines is 1. The van der Waals surface area contributed by atoms with Crippen LogP contribution in [-0.4, -0.2) is 35.8 Å². The molecule has 6 nitrogen and oxygen atoms in total. The summed E-state index contributed by atoms with van der Waals surface area (Å²) in [6.07, 6.45) is 1.56. The second kappa shape index (κ2) is 7.92. The first-order valence-corrected chi connectivity index (χ1v) is 11.2. The van der Waals surface area contributed by atoms with Crippen LogP contribution in [0.1, 0.15) is 37.3 Å². The zero-order valence-corrected chi connectivity index (χ0v) is 17.6. The van der Waals surface area contributed by atoms with E-state index in [1.54, 1.807) is 29.8 Å². The summed E-state index contributed by atoms with van der Waals surface area (Å²) in [7, 11) is -3.43. The fraction of sp³-hybridized carbons (Fsp3) is 0.368. The molecule has 0 aliphatic heterocycles. The van der Waals surface area contributed by atoms with Crippen molar-refractivity contribution in [2.45, 2.75) is 38.6 Å². The molecule has 0 saturated heterocycles. The zero-order valence-electron chi connectivity index (χ0n) is 15.9. The van der Waals surface area contributed by atoms with Crippen LogP contribution in [0.5, 0.6) is 0 Å². The van der Waals surface area contributed by atoms with Crippen LogP contribution in [0.15, 0.2) is 41.6 Å². The summed E-state index contributed by atoms with van der Waals surface area (Å²) in [5.41, 5.74) is 0.993. The first-order chi connectivity index (χ1) is 12.9. The van der Waals surface area contributed by atoms with Crippen LogP contribution in [0.3, 0.4) is 0 Å². The Bertz CT molecular complexity index is 1030. The maximum absolute atomic E-state index is 12.6. The highest BCUT2D eigenvalue weighted by molar-refractivity contribution is 7.89. The van der Waals surface area contributed by atoms with Crippen molar-refractivity contribution in [1.82, 2.24) is 14.3 Å². The van der Waals surface area contributed by atoms with Crippen molar-refractivity contribution in [2.75, 3.05) is 18.4 Å². The molecule has 0 radical (unpaired) electrons. The van der Waals surface area contributed by atoms with Crippen LogP contribution in [0, 0.1) is 6.92 Å². The van der Waals surface area contributed by atoms with Gasteiger partial charge in [0.05, 0.1) is 10.3 Å². The number of aryl methyl sites for hydroxylation is 1. The van der Waals surface area contributed by atoms with E-state index < -0.39 is 10.0 Å². The molecule has 2 aromatic heterocycles. The topological polar surface area (TPSA) is 75.2 Å². The zero-order chi connectivity index (χ0) is 19.6. The van der Waals surface area contributed by atoms with Crippen molar-refractivity contribution in [3.05, 3.63) is 47.1 Å².